The van der Waals surface area contributed by atoms with E-state index >= 15 is 0 Å². The highest BCUT2D eigenvalue weighted by Crippen LogP contribution is 2.33. The summed E-state index contributed by atoms with van der Waals surface area (Å²) in [4.78, 5) is 19.4. The number of carboxylic acids is 1. The van der Waals surface area contributed by atoms with Gasteiger partial charge in [0.15, 0.2) is 0 Å². The highest BCUT2D eigenvalue weighted by atomic mass is 35.5. The monoisotopic (exact) mass is 498 g/mol. The zero-order valence-corrected chi connectivity index (χ0v) is 20.5. The van der Waals surface area contributed by atoms with Crippen LogP contribution in [0.15, 0.2) is 42.6 Å². The minimum absolute atomic E-state index is 0.00935. The zero-order chi connectivity index (χ0) is 24.1. The second-order valence-corrected chi connectivity index (χ2v) is 10.2. The number of hydrogen-bond acceptors (Lipinski definition) is 6. The number of rotatable bonds is 7. The third kappa shape index (κ3) is 5.89. The van der Waals surface area contributed by atoms with Crippen LogP contribution in [0.25, 0.3) is 10.9 Å². The molecule has 0 bridgehead atoms. The van der Waals surface area contributed by atoms with E-state index < -0.39 is 18.0 Å². The van der Waals surface area contributed by atoms with Crippen molar-refractivity contribution in [3.05, 3.63) is 57.4 Å². The first-order valence-electron chi connectivity index (χ1n) is 11.2. The van der Waals surface area contributed by atoms with E-state index in [2.05, 4.69) is 21.7 Å². The molecular formula is C26H27ClN2O4S. The summed E-state index contributed by atoms with van der Waals surface area (Å²) in [6.45, 7) is 1.78. The lowest BCUT2D eigenvalue weighted by molar-refractivity contribution is -0.146. The number of aliphatic carboxylic acids is 1. The topological polar surface area (TPSA) is 82.9 Å². The molecule has 1 fully saturated rings. The van der Waals surface area contributed by atoms with Crippen LogP contribution in [0.4, 0.5) is 0 Å². The molecule has 3 atom stereocenters. The molecule has 4 rings (SSSR count). The summed E-state index contributed by atoms with van der Waals surface area (Å²) in [5, 5.41) is 21.7. The van der Waals surface area contributed by atoms with Crippen molar-refractivity contribution in [3.8, 4) is 17.6 Å². The lowest BCUT2D eigenvalue weighted by atomic mass is 9.81. The van der Waals surface area contributed by atoms with Gasteiger partial charge in [-0.2, -0.15) is 0 Å². The summed E-state index contributed by atoms with van der Waals surface area (Å²) in [6.07, 6.45) is 2.88. The molecule has 3 aromatic rings. The summed E-state index contributed by atoms with van der Waals surface area (Å²) in [5.41, 5.74) is 1.58. The number of aliphatic hydroxyl groups excluding tert-OH is 1. The third-order valence-corrected chi connectivity index (χ3v) is 7.54. The van der Waals surface area contributed by atoms with Crippen molar-refractivity contribution < 1.29 is 19.7 Å². The van der Waals surface area contributed by atoms with Crippen molar-refractivity contribution in [2.24, 2.45) is 11.8 Å². The molecule has 0 spiro atoms. The first-order valence-corrected chi connectivity index (χ1v) is 12.4. The van der Waals surface area contributed by atoms with E-state index in [1.165, 1.54) is 11.3 Å². The quantitative estimate of drug-likeness (QED) is 0.453. The number of aromatic nitrogens is 1. The van der Waals surface area contributed by atoms with Gasteiger partial charge in [0.2, 0.25) is 0 Å². The average molecular weight is 499 g/mol. The molecule has 178 valence electrons. The fourth-order valence-electron chi connectivity index (χ4n) is 4.55. The molecule has 0 amide bonds. The molecule has 1 saturated heterocycles. The van der Waals surface area contributed by atoms with E-state index in [1.54, 1.807) is 13.3 Å². The number of likely N-dealkylation sites (tertiary alicyclic amines) is 1. The predicted octanol–water partition coefficient (Wildman–Crippen LogP) is 4.85. The van der Waals surface area contributed by atoms with Gasteiger partial charge in [0, 0.05) is 18.1 Å². The Labute approximate surface area is 208 Å². The van der Waals surface area contributed by atoms with Gasteiger partial charge in [0.25, 0.3) is 0 Å². The van der Waals surface area contributed by atoms with Gasteiger partial charge in [-0.3, -0.25) is 14.7 Å². The molecule has 6 nitrogen and oxygen atoms in total. The molecule has 34 heavy (non-hydrogen) atoms. The maximum atomic E-state index is 12.0. The van der Waals surface area contributed by atoms with E-state index in [0.717, 1.165) is 34.3 Å². The zero-order valence-electron chi connectivity index (χ0n) is 18.9. The third-order valence-electron chi connectivity index (χ3n) is 6.40. The van der Waals surface area contributed by atoms with Crippen molar-refractivity contribution >= 4 is 39.8 Å². The van der Waals surface area contributed by atoms with Crippen LogP contribution in [0.1, 0.15) is 35.8 Å². The van der Waals surface area contributed by atoms with E-state index in [-0.39, 0.29) is 5.92 Å². The molecule has 1 aliphatic heterocycles. The van der Waals surface area contributed by atoms with E-state index in [0.29, 0.717) is 36.0 Å². The summed E-state index contributed by atoms with van der Waals surface area (Å²) < 4.78 is 6.03. The van der Waals surface area contributed by atoms with Crippen LogP contribution in [-0.2, 0) is 4.79 Å². The van der Waals surface area contributed by atoms with Crippen molar-refractivity contribution in [1.82, 2.24) is 9.88 Å². The van der Waals surface area contributed by atoms with Crippen LogP contribution < -0.4 is 4.74 Å². The number of carbonyl (C=O) groups is 1. The molecule has 0 radical (unpaired) electrons. The first-order chi connectivity index (χ1) is 16.4. The molecule has 0 aliphatic carbocycles. The number of benzene rings is 1. The maximum Gasteiger partial charge on any atom is 0.308 e. The van der Waals surface area contributed by atoms with Crippen LogP contribution in [0.5, 0.6) is 5.75 Å². The minimum atomic E-state index is -0.790. The number of fused-ring (bicyclic) bond motifs is 1. The summed E-state index contributed by atoms with van der Waals surface area (Å²) in [6, 6.07) is 11.1. The fraction of sp³-hybridized carbons (Fsp3) is 0.385. The molecule has 1 aliphatic rings. The van der Waals surface area contributed by atoms with Gasteiger partial charge < -0.3 is 14.9 Å². The van der Waals surface area contributed by atoms with Gasteiger partial charge in [0.05, 0.1) is 40.4 Å². The van der Waals surface area contributed by atoms with E-state index in [9.17, 15) is 15.0 Å². The van der Waals surface area contributed by atoms with Crippen LogP contribution in [-0.4, -0.2) is 52.8 Å². The maximum absolute atomic E-state index is 12.0. The van der Waals surface area contributed by atoms with Gasteiger partial charge in [-0.05, 0) is 73.7 Å². The Morgan fingerprint density at radius 1 is 1.35 bits per heavy atom. The number of aliphatic hydroxyl groups is 1. The SMILES string of the molecule is COc1ccc2nccc(C(O)CC[C@@H]3CCN(CC#Cc4ccc(Cl)s4)C[C@@H]3C(=O)O)c2c1. The average Bonchev–Trinajstić information content (AvgIpc) is 3.26. The normalized spacial score (nSPS) is 19.4. The summed E-state index contributed by atoms with van der Waals surface area (Å²) in [5.74, 6) is 5.68. The molecule has 2 N–H and O–H groups in total. The standard InChI is InChI=1S/C26H27ClN2O4S/c1-33-18-5-7-23-21(15-18)20(10-12-28-23)24(30)8-4-17-11-14-29(16-22(17)26(31)32)13-2-3-19-6-9-25(27)34-19/h5-7,9-10,12,15,17,22,24,30H,4,8,11,13-14,16H2,1H3,(H,31,32)/t17-,22+,24?/m1/s1. The summed E-state index contributed by atoms with van der Waals surface area (Å²) >= 11 is 7.37. The van der Waals surface area contributed by atoms with Crippen LogP contribution in [0, 0.1) is 23.7 Å². The van der Waals surface area contributed by atoms with Crippen LogP contribution in [0.2, 0.25) is 4.34 Å². The Morgan fingerprint density at radius 2 is 2.21 bits per heavy atom. The van der Waals surface area contributed by atoms with Gasteiger partial charge in [-0.25, -0.2) is 0 Å². The number of pyridine rings is 1. The Balaban J connectivity index is 1.38. The molecule has 1 unspecified atom stereocenters. The molecule has 2 aromatic heterocycles. The number of halogens is 1. The summed E-state index contributed by atoms with van der Waals surface area (Å²) in [7, 11) is 1.61. The number of carboxylic acid groups (broad SMARTS) is 1. The highest BCUT2D eigenvalue weighted by Gasteiger charge is 2.34. The number of nitrogens with zero attached hydrogens (tertiary/aromatic N) is 2. The highest BCUT2D eigenvalue weighted by molar-refractivity contribution is 7.16. The number of thiophene rings is 1. The molecule has 8 heteroatoms. The van der Waals surface area contributed by atoms with Crippen LogP contribution >= 0.6 is 22.9 Å². The van der Waals surface area contributed by atoms with Crippen molar-refractivity contribution in [2.75, 3.05) is 26.7 Å². The van der Waals surface area contributed by atoms with Crippen LogP contribution in [0.3, 0.4) is 0 Å². The van der Waals surface area contributed by atoms with E-state index in [1.807, 2.05) is 36.4 Å². The Hall–Kier alpha value is -2.63. The number of methoxy groups -OCH3 is 1. The lowest BCUT2D eigenvalue weighted by Crippen LogP contribution is -2.44. The van der Waals surface area contributed by atoms with Gasteiger partial charge in [0.1, 0.15) is 5.75 Å². The Kier molecular flexibility index (Phi) is 8.07. The smallest absolute Gasteiger partial charge is 0.308 e. The van der Waals surface area contributed by atoms with Crippen molar-refractivity contribution in [3.63, 3.8) is 0 Å². The molecule has 0 saturated carbocycles. The van der Waals surface area contributed by atoms with Gasteiger partial charge in [-0.15, -0.1) is 11.3 Å². The second-order valence-electron chi connectivity index (χ2n) is 8.51. The Bertz CT molecular complexity index is 1220. The first kappa shape index (κ1) is 24.5. The minimum Gasteiger partial charge on any atom is -0.497 e. The number of piperidine rings is 1. The molecular weight excluding hydrogens is 472 g/mol. The number of ether oxygens (including phenoxy) is 1. The Morgan fingerprint density at radius 3 is 2.94 bits per heavy atom. The molecule has 3 heterocycles. The lowest BCUT2D eigenvalue weighted by Gasteiger charge is -2.36. The largest absolute Gasteiger partial charge is 0.497 e. The number of hydrogen-bond donors (Lipinski definition) is 2. The van der Waals surface area contributed by atoms with Crippen molar-refractivity contribution in [1.29, 1.82) is 0 Å². The predicted molar refractivity (Wildman–Crippen MR) is 134 cm³/mol. The fourth-order valence-corrected chi connectivity index (χ4v) is 5.47. The molecule has 1 aromatic carbocycles. The van der Waals surface area contributed by atoms with Gasteiger partial charge >= 0.3 is 5.97 Å². The second kappa shape index (κ2) is 11.2. The van der Waals surface area contributed by atoms with Crippen molar-refractivity contribution in [2.45, 2.75) is 25.4 Å². The van der Waals surface area contributed by atoms with Gasteiger partial charge in [-0.1, -0.05) is 23.4 Å². The van der Waals surface area contributed by atoms with E-state index in [4.69, 9.17) is 16.3 Å².